The number of rotatable bonds is 2. The van der Waals surface area contributed by atoms with Gasteiger partial charge in [-0.15, -0.1) is 0 Å². The summed E-state index contributed by atoms with van der Waals surface area (Å²) in [6.07, 6.45) is 2.36. The first-order chi connectivity index (χ1) is 11.7. The fraction of sp³-hybridized carbons (Fsp3) is 0.250. The lowest BCUT2D eigenvalue weighted by Crippen LogP contribution is -2.22. The number of nitrogens with zero attached hydrogens (tertiary/aromatic N) is 2. The van der Waals surface area contributed by atoms with E-state index < -0.39 is 0 Å². The number of hydrogen-bond donors (Lipinski definition) is 0. The lowest BCUT2D eigenvalue weighted by molar-refractivity contribution is 0.0996. The molecule has 3 aromatic rings. The third-order valence-electron chi connectivity index (χ3n) is 5.22. The van der Waals surface area contributed by atoms with E-state index >= 15 is 0 Å². The van der Waals surface area contributed by atoms with E-state index in [0.717, 1.165) is 35.5 Å². The van der Waals surface area contributed by atoms with Crippen molar-refractivity contribution in [3.8, 4) is 5.75 Å². The van der Waals surface area contributed by atoms with Gasteiger partial charge in [0, 0.05) is 28.9 Å². The molecule has 0 bridgehead atoms. The van der Waals surface area contributed by atoms with Crippen LogP contribution in [-0.2, 0) is 19.5 Å². The molecule has 0 aliphatic carbocycles. The molecule has 0 saturated carbocycles. The Morgan fingerprint density at radius 3 is 2.88 bits per heavy atom. The third-order valence-corrected chi connectivity index (χ3v) is 5.22. The molecule has 0 radical (unpaired) electrons. The molecule has 4 nitrogen and oxygen atoms in total. The van der Waals surface area contributed by atoms with Gasteiger partial charge in [-0.3, -0.25) is 4.79 Å². The summed E-state index contributed by atoms with van der Waals surface area (Å²) in [6, 6.07) is 14.4. The number of fused-ring (bicyclic) bond motifs is 4. The molecule has 0 unspecified atom stereocenters. The number of amides is 1. The van der Waals surface area contributed by atoms with E-state index in [4.69, 9.17) is 4.74 Å². The van der Waals surface area contributed by atoms with Gasteiger partial charge in [-0.25, -0.2) is 0 Å². The highest BCUT2D eigenvalue weighted by molar-refractivity contribution is 6.10. The summed E-state index contributed by atoms with van der Waals surface area (Å²) < 4.78 is 7.64. The first-order valence-electron chi connectivity index (χ1n) is 8.35. The zero-order valence-corrected chi connectivity index (χ0v) is 13.6. The highest BCUT2D eigenvalue weighted by Gasteiger charge is 2.29. The van der Waals surface area contributed by atoms with Crippen LogP contribution in [0.1, 0.15) is 28.0 Å². The molecule has 2 aromatic carbocycles. The zero-order chi connectivity index (χ0) is 16.3. The van der Waals surface area contributed by atoms with Crippen LogP contribution in [0, 0.1) is 0 Å². The lowest BCUT2D eigenvalue weighted by Gasteiger charge is -2.16. The second-order valence-corrected chi connectivity index (χ2v) is 6.55. The van der Waals surface area contributed by atoms with Gasteiger partial charge in [-0.2, -0.15) is 0 Å². The molecular formula is C20H18N2O2. The van der Waals surface area contributed by atoms with Gasteiger partial charge >= 0.3 is 0 Å². The van der Waals surface area contributed by atoms with Crippen LogP contribution < -0.4 is 9.64 Å². The van der Waals surface area contributed by atoms with Gasteiger partial charge in [0.1, 0.15) is 5.75 Å². The zero-order valence-electron chi connectivity index (χ0n) is 13.6. The Morgan fingerprint density at radius 1 is 1.08 bits per heavy atom. The molecule has 0 atom stereocenters. The molecule has 120 valence electrons. The van der Waals surface area contributed by atoms with Crippen molar-refractivity contribution in [1.29, 1.82) is 0 Å². The van der Waals surface area contributed by atoms with Crippen LogP contribution in [0.5, 0.6) is 5.75 Å². The highest BCUT2D eigenvalue weighted by atomic mass is 16.5. The lowest BCUT2D eigenvalue weighted by atomic mass is 10.1. The number of aryl methyl sites for hydroxylation is 2. The first-order valence-corrected chi connectivity index (χ1v) is 8.35. The molecular weight excluding hydrogens is 300 g/mol. The second kappa shape index (κ2) is 4.87. The van der Waals surface area contributed by atoms with E-state index in [1.807, 2.05) is 23.1 Å². The summed E-state index contributed by atoms with van der Waals surface area (Å²) in [5.41, 5.74) is 5.41. The van der Waals surface area contributed by atoms with Crippen LogP contribution in [0.25, 0.3) is 10.9 Å². The van der Waals surface area contributed by atoms with E-state index in [1.54, 1.807) is 7.11 Å². The monoisotopic (exact) mass is 318 g/mol. The molecule has 0 N–H and O–H groups in total. The average molecular weight is 318 g/mol. The van der Waals surface area contributed by atoms with Crippen LogP contribution in [0.15, 0.2) is 42.5 Å². The number of benzene rings is 2. The van der Waals surface area contributed by atoms with Crippen molar-refractivity contribution in [2.75, 3.05) is 12.0 Å². The van der Waals surface area contributed by atoms with Crippen LogP contribution in [0.3, 0.4) is 0 Å². The molecule has 2 aliphatic heterocycles. The molecule has 0 saturated heterocycles. The Kier molecular flexibility index (Phi) is 2.77. The molecule has 1 aromatic heterocycles. The van der Waals surface area contributed by atoms with Crippen LogP contribution in [0.4, 0.5) is 5.69 Å². The van der Waals surface area contributed by atoms with Gasteiger partial charge in [0.15, 0.2) is 0 Å². The van der Waals surface area contributed by atoms with Gasteiger partial charge in [0.25, 0.3) is 5.91 Å². The Bertz CT molecular complexity index is 987. The molecule has 2 aliphatic rings. The summed E-state index contributed by atoms with van der Waals surface area (Å²) in [5, 5.41) is 1.26. The number of carbonyl (C=O) groups is 1. The van der Waals surface area contributed by atoms with Crippen molar-refractivity contribution < 1.29 is 9.53 Å². The van der Waals surface area contributed by atoms with Crippen molar-refractivity contribution >= 4 is 22.5 Å². The molecule has 0 spiro atoms. The van der Waals surface area contributed by atoms with Crippen molar-refractivity contribution in [3.63, 3.8) is 0 Å². The summed E-state index contributed by atoms with van der Waals surface area (Å²) in [5.74, 6) is 0.778. The Labute approximate surface area is 140 Å². The van der Waals surface area contributed by atoms with Crippen molar-refractivity contribution in [3.05, 3.63) is 59.3 Å². The van der Waals surface area contributed by atoms with Crippen molar-refractivity contribution in [1.82, 2.24) is 4.57 Å². The molecule has 4 heteroatoms. The third kappa shape index (κ3) is 1.83. The minimum Gasteiger partial charge on any atom is -0.497 e. The Balaban J connectivity index is 1.57. The van der Waals surface area contributed by atoms with Gasteiger partial charge in [0.05, 0.1) is 19.2 Å². The Hall–Kier alpha value is -2.75. The average Bonchev–Trinajstić information content (AvgIpc) is 3.27. The standard InChI is InChI=1S/C20H18N2O2/c1-24-17-7-5-14-12-22(20(23)18(14)11-17)16-6-4-13-9-15-3-2-8-21(15)19(13)10-16/h4-7,9-11H,2-3,8,12H2,1H3. The highest BCUT2D eigenvalue weighted by Crippen LogP contribution is 2.34. The van der Waals surface area contributed by atoms with Crippen LogP contribution in [0.2, 0.25) is 0 Å². The number of anilines is 1. The van der Waals surface area contributed by atoms with E-state index in [2.05, 4.69) is 28.8 Å². The maximum atomic E-state index is 12.8. The van der Waals surface area contributed by atoms with Crippen LogP contribution in [-0.4, -0.2) is 17.6 Å². The van der Waals surface area contributed by atoms with Gasteiger partial charge in [-0.05, 0) is 48.7 Å². The maximum absolute atomic E-state index is 12.8. The van der Waals surface area contributed by atoms with E-state index in [9.17, 15) is 4.79 Å². The molecule has 0 fully saturated rings. The summed E-state index contributed by atoms with van der Waals surface area (Å²) >= 11 is 0. The van der Waals surface area contributed by atoms with Gasteiger partial charge in [0.2, 0.25) is 0 Å². The number of methoxy groups -OCH3 is 1. The van der Waals surface area contributed by atoms with E-state index in [0.29, 0.717) is 6.54 Å². The second-order valence-electron chi connectivity index (χ2n) is 6.55. The predicted octanol–water partition coefficient (Wildman–Crippen LogP) is 3.76. The maximum Gasteiger partial charge on any atom is 0.259 e. The normalized spacial score (nSPS) is 15.9. The number of aromatic nitrogens is 1. The summed E-state index contributed by atoms with van der Waals surface area (Å²) in [7, 11) is 1.63. The molecule has 24 heavy (non-hydrogen) atoms. The predicted molar refractivity (Wildman–Crippen MR) is 93.8 cm³/mol. The quantitative estimate of drug-likeness (QED) is 0.721. The van der Waals surface area contributed by atoms with Gasteiger partial charge < -0.3 is 14.2 Å². The van der Waals surface area contributed by atoms with Gasteiger partial charge in [-0.1, -0.05) is 12.1 Å². The molecule has 5 rings (SSSR count). The first kappa shape index (κ1) is 13.7. The topological polar surface area (TPSA) is 34.5 Å². The minimum atomic E-state index is 0.0523. The fourth-order valence-electron chi connectivity index (χ4n) is 3.97. The summed E-state index contributed by atoms with van der Waals surface area (Å²) in [6.45, 7) is 1.70. The molecule has 3 heterocycles. The van der Waals surface area contributed by atoms with Crippen LogP contribution >= 0.6 is 0 Å². The fourth-order valence-corrected chi connectivity index (χ4v) is 3.97. The summed E-state index contributed by atoms with van der Waals surface area (Å²) in [4.78, 5) is 14.7. The van der Waals surface area contributed by atoms with Crippen molar-refractivity contribution in [2.45, 2.75) is 25.9 Å². The molecule has 1 amide bonds. The Morgan fingerprint density at radius 2 is 2.00 bits per heavy atom. The SMILES string of the molecule is COc1ccc2c(c1)C(=O)N(c1ccc3cc4n(c3c1)CCC4)C2. The number of ether oxygens (including phenoxy) is 1. The largest absolute Gasteiger partial charge is 0.497 e. The van der Waals surface area contributed by atoms with E-state index in [-0.39, 0.29) is 5.91 Å². The van der Waals surface area contributed by atoms with Crippen molar-refractivity contribution in [2.24, 2.45) is 0 Å². The minimum absolute atomic E-state index is 0.0523. The number of hydrogen-bond acceptors (Lipinski definition) is 2. The smallest absolute Gasteiger partial charge is 0.259 e. The number of carbonyl (C=O) groups excluding carboxylic acids is 1. The van der Waals surface area contributed by atoms with E-state index in [1.165, 1.54) is 23.0 Å².